The fraction of sp³-hybridized carbons (Fsp3) is 0.684. The molecule has 0 aliphatic heterocycles. The summed E-state index contributed by atoms with van der Waals surface area (Å²) in [5, 5.41) is 13.4. The summed E-state index contributed by atoms with van der Waals surface area (Å²) in [6.45, 7) is 9.98. The van der Waals surface area contributed by atoms with Crippen molar-refractivity contribution in [1.29, 1.82) is 0 Å². The lowest BCUT2D eigenvalue weighted by Crippen LogP contribution is -2.30. The summed E-state index contributed by atoms with van der Waals surface area (Å²) in [7, 11) is 0. The fourth-order valence-electron chi connectivity index (χ4n) is 3.18. The van der Waals surface area contributed by atoms with Crippen LogP contribution in [0.25, 0.3) is 0 Å². The Morgan fingerprint density at radius 2 is 1.86 bits per heavy atom. The van der Waals surface area contributed by atoms with Gasteiger partial charge in [0.05, 0.1) is 6.10 Å². The van der Waals surface area contributed by atoms with E-state index in [1.165, 1.54) is 24.0 Å². The summed E-state index contributed by atoms with van der Waals surface area (Å²) >= 11 is 0. The zero-order valence-corrected chi connectivity index (χ0v) is 14.0. The van der Waals surface area contributed by atoms with Crippen LogP contribution in [0.1, 0.15) is 70.5 Å². The number of aliphatic hydroxyl groups excluding tert-OH is 1. The molecule has 0 amide bonds. The van der Waals surface area contributed by atoms with Gasteiger partial charge in [-0.25, -0.2) is 0 Å². The minimum absolute atomic E-state index is 0.0769. The molecule has 2 heteroatoms. The SMILES string of the molecule is CC(NCC1CCCC(O)C1)c1ccc(C(C)(C)C)cc1. The second-order valence-electron chi connectivity index (χ2n) is 7.69. The van der Waals surface area contributed by atoms with E-state index in [0.29, 0.717) is 12.0 Å². The zero-order valence-electron chi connectivity index (χ0n) is 14.0. The van der Waals surface area contributed by atoms with E-state index in [4.69, 9.17) is 0 Å². The van der Waals surface area contributed by atoms with Crippen molar-refractivity contribution >= 4 is 0 Å². The summed E-state index contributed by atoms with van der Waals surface area (Å²) in [6.07, 6.45) is 4.29. The third kappa shape index (κ3) is 4.82. The van der Waals surface area contributed by atoms with Gasteiger partial charge >= 0.3 is 0 Å². The Balaban J connectivity index is 1.87. The zero-order chi connectivity index (χ0) is 15.5. The molecule has 0 saturated heterocycles. The maximum absolute atomic E-state index is 9.74. The molecule has 21 heavy (non-hydrogen) atoms. The van der Waals surface area contributed by atoms with Crippen LogP contribution in [0.2, 0.25) is 0 Å². The maximum Gasteiger partial charge on any atom is 0.0543 e. The van der Waals surface area contributed by atoms with Crippen LogP contribution in [-0.4, -0.2) is 17.8 Å². The average molecular weight is 289 g/mol. The second-order valence-corrected chi connectivity index (χ2v) is 7.69. The van der Waals surface area contributed by atoms with Gasteiger partial charge in [0, 0.05) is 6.04 Å². The highest BCUT2D eigenvalue weighted by Gasteiger charge is 2.20. The maximum atomic E-state index is 9.74. The van der Waals surface area contributed by atoms with Crippen molar-refractivity contribution in [3.05, 3.63) is 35.4 Å². The van der Waals surface area contributed by atoms with Crippen LogP contribution in [-0.2, 0) is 5.41 Å². The highest BCUT2D eigenvalue weighted by atomic mass is 16.3. The molecule has 0 heterocycles. The highest BCUT2D eigenvalue weighted by Crippen LogP contribution is 2.26. The molecule has 2 N–H and O–H groups in total. The molecule has 0 aromatic heterocycles. The standard InChI is InChI=1S/C19H31NO/c1-14(20-13-15-6-5-7-18(21)12-15)16-8-10-17(11-9-16)19(2,3)4/h8-11,14-15,18,20-21H,5-7,12-13H2,1-4H3. The Morgan fingerprint density at radius 1 is 1.19 bits per heavy atom. The molecule has 1 saturated carbocycles. The smallest absolute Gasteiger partial charge is 0.0543 e. The molecule has 1 aliphatic carbocycles. The van der Waals surface area contributed by atoms with Gasteiger partial charge in [-0.05, 0) is 55.2 Å². The van der Waals surface area contributed by atoms with E-state index in [9.17, 15) is 5.11 Å². The minimum Gasteiger partial charge on any atom is -0.393 e. The van der Waals surface area contributed by atoms with E-state index >= 15 is 0 Å². The van der Waals surface area contributed by atoms with Crippen molar-refractivity contribution in [2.24, 2.45) is 5.92 Å². The van der Waals surface area contributed by atoms with Crippen molar-refractivity contribution in [3.8, 4) is 0 Å². The van der Waals surface area contributed by atoms with Gasteiger partial charge in [0.2, 0.25) is 0 Å². The van der Waals surface area contributed by atoms with E-state index in [0.717, 1.165) is 19.4 Å². The van der Waals surface area contributed by atoms with Crippen LogP contribution >= 0.6 is 0 Å². The summed E-state index contributed by atoms with van der Waals surface area (Å²) in [5.41, 5.74) is 2.95. The average Bonchev–Trinajstić information content (AvgIpc) is 2.44. The molecule has 2 nitrogen and oxygen atoms in total. The van der Waals surface area contributed by atoms with Gasteiger partial charge in [0.15, 0.2) is 0 Å². The molecule has 1 aromatic carbocycles. The number of rotatable bonds is 4. The number of hydrogen-bond acceptors (Lipinski definition) is 2. The van der Waals surface area contributed by atoms with Crippen molar-refractivity contribution in [2.75, 3.05) is 6.54 Å². The molecule has 3 unspecified atom stereocenters. The van der Waals surface area contributed by atoms with Crippen LogP contribution in [0.3, 0.4) is 0 Å². The molecule has 2 rings (SSSR count). The van der Waals surface area contributed by atoms with Gasteiger partial charge in [-0.1, -0.05) is 51.5 Å². The first-order valence-electron chi connectivity index (χ1n) is 8.38. The summed E-state index contributed by atoms with van der Waals surface area (Å²) in [5.74, 6) is 0.630. The van der Waals surface area contributed by atoms with Crippen molar-refractivity contribution in [2.45, 2.75) is 70.9 Å². The monoisotopic (exact) mass is 289 g/mol. The number of benzene rings is 1. The molecule has 0 radical (unpaired) electrons. The normalized spacial score (nSPS) is 24.8. The van der Waals surface area contributed by atoms with Gasteiger partial charge in [-0.3, -0.25) is 0 Å². The van der Waals surface area contributed by atoms with Crippen LogP contribution in [0.4, 0.5) is 0 Å². The summed E-state index contributed by atoms with van der Waals surface area (Å²) in [4.78, 5) is 0. The lowest BCUT2D eigenvalue weighted by atomic mass is 9.86. The van der Waals surface area contributed by atoms with Gasteiger partial charge in [0.25, 0.3) is 0 Å². The summed E-state index contributed by atoms with van der Waals surface area (Å²) in [6, 6.07) is 9.36. The first-order valence-corrected chi connectivity index (χ1v) is 8.38. The van der Waals surface area contributed by atoms with Crippen molar-refractivity contribution in [3.63, 3.8) is 0 Å². The molecule has 0 spiro atoms. The Labute approximate surface area is 130 Å². The first kappa shape index (κ1) is 16.5. The van der Waals surface area contributed by atoms with E-state index in [1.807, 2.05) is 0 Å². The highest BCUT2D eigenvalue weighted by molar-refractivity contribution is 5.29. The van der Waals surface area contributed by atoms with Crippen LogP contribution in [0.5, 0.6) is 0 Å². The predicted molar refractivity (Wildman–Crippen MR) is 89.5 cm³/mol. The lowest BCUT2D eigenvalue weighted by molar-refractivity contribution is 0.0998. The van der Waals surface area contributed by atoms with Crippen molar-refractivity contribution < 1.29 is 5.11 Å². The number of hydrogen-bond donors (Lipinski definition) is 2. The van der Waals surface area contributed by atoms with E-state index in [2.05, 4.69) is 57.3 Å². The van der Waals surface area contributed by atoms with E-state index in [-0.39, 0.29) is 11.5 Å². The molecule has 1 aliphatic rings. The summed E-state index contributed by atoms with van der Waals surface area (Å²) < 4.78 is 0. The van der Waals surface area contributed by atoms with E-state index < -0.39 is 0 Å². The number of aliphatic hydroxyl groups is 1. The van der Waals surface area contributed by atoms with Crippen LogP contribution < -0.4 is 5.32 Å². The fourth-order valence-corrected chi connectivity index (χ4v) is 3.18. The predicted octanol–water partition coefficient (Wildman–Crippen LogP) is 4.19. The topological polar surface area (TPSA) is 32.3 Å². The third-order valence-electron chi connectivity index (χ3n) is 4.74. The Bertz CT molecular complexity index is 432. The first-order chi connectivity index (χ1) is 9.86. The van der Waals surface area contributed by atoms with Gasteiger partial charge < -0.3 is 10.4 Å². The molecule has 1 aromatic rings. The Hall–Kier alpha value is -0.860. The van der Waals surface area contributed by atoms with Crippen molar-refractivity contribution in [1.82, 2.24) is 5.32 Å². The van der Waals surface area contributed by atoms with Crippen LogP contribution in [0, 0.1) is 5.92 Å². The van der Waals surface area contributed by atoms with Gasteiger partial charge in [-0.15, -0.1) is 0 Å². The second kappa shape index (κ2) is 6.93. The third-order valence-corrected chi connectivity index (χ3v) is 4.74. The molecular formula is C19H31NO. The molecule has 1 fully saturated rings. The van der Waals surface area contributed by atoms with Gasteiger partial charge in [0.1, 0.15) is 0 Å². The lowest BCUT2D eigenvalue weighted by Gasteiger charge is -2.27. The molecule has 3 atom stereocenters. The van der Waals surface area contributed by atoms with Crippen LogP contribution in [0.15, 0.2) is 24.3 Å². The quantitative estimate of drug-likeness (QED) is 0.871. The molecule has 0 bridgehead atoms. The van der Waals surface area contributed by atoms with Gasteiger partial charge in [-0.2, -0.15) is 0 Å². The minimum atomic E-state index is -0.0769. The van der Waals surface area contributed by atoms with E-state index in [1.54, 1.807) is 0 Å². The molecule has 118 valence electrons. The Kier molecular flexibility index (Phi) is 5.45. The number of nitrogens with one attached hydrogen (secondary N) is 1. The molecular weight excluding hydrogens is 258 g/mol. The largest absolute Gasteiger partial charge is 0.393 e. The Morgan fingerprint density at radius 3 is 2.43 bits per heavy atom.